The summed E-state index contributed by atoms with van der Waals surface area (Å²) in [5.74, 6) is -1.29. The number of anilines is 1. The van der Waals surface area contributed by atoms with Crippen LogP contribution in [0.25, 0.3) is 0 Å². The van der Waals surface area contributed by atoms with Crippen LogP contribution in [-0.2, 0) is 20.8 Å². The van der Waals surface area contributed by atoms with Gasteiger partial charge in [-0.2, -0.15) is 5.01 Å². The van der Waals surface area contributed by atoms with Gasteiger partial charge in [0, 0.05) is 62.9 Å². The van der Waals surface area contributed by atoms with E-state index in [0.717, 1.165) is 36.8 Å². The van der Waals surface area contributed by atoms with E-state index in [1.807, 2.05) is 48.5 Å². The van der Waals surface area contributed by atoms with Gasteiger partial charge in [-0.15, -0.1) is 0 Å². The lowest BCUT2D eigenvalue weighted by Gasteiger charge is -2.36. The molecule has 0 atom stereocenters. The van der Waals surface area contributed by atoms with Crippen LogP contribution in [0.1, 0.15) is 12.0 Å². The Hall–Kier alpha value is -3.45. The summed E-state index contributed by atoms with van der Waals surface area (Å²) in [7, 11) is 0. The van der Waals surface area contributed by atoms with Gasteiger partial charge in [-0.1, -0.05) is 48.5 Å². The average Bonchev–Trinajstić information content (AvgIpc) is 3.06. The monoisotopic (exact) mass is 418 g/mol. The number of rotatable bonds is 7. The van der Waals surface area contributed by atoms with Crippen LogP contribution in [0.4, 0.5) is 5.69 Å². The van der Waals surface area contributed by atoms with Gasteiger partial charge < -0.3 is 4.90 Å². The second-order valence-electron chi connectivity index (χ2n) is 7.76. The molecule has 0 spiro atoms. The molecule has 0 radical (unpaired) electrons. The van der Waals surface area contributed by atoms with Gasteiger partial charge in [-0.05, 0) is 17.7 Å². The van der Waals surface area contributed by atoms with Gasteiger partial charge in [0.05, 0.1) is 0 Å². The molecule has 3 amide bonds. The Morgan fingerprint density at radius 1 is 0.871 bits per heavy atom. The molecular weight excluding hydrogens is 392 g/mol. The van der Waals surface area contributed by atoms with Crippen molar-refractivity contribution in [1.82, 2.24) is 15.3 Å². The molecular formula is C24H26N4O3. The number of piperazine rings is 1. The number of nitrogens with zero attached hydrogens (tertiary/aromatic N) is 3. The number of nitrogens with one attached hydrogen (secondary N) is 1. The number of hydrogen-bond donors (Lipinski definition) is 1. The van der Waals surface area contributed by atoms with E-state index in [1.165, 1.54) is 11.8 Å². The Morgan fingerprint density at radius 2 is 1.52 bits per heavy atom. The van der Waals surface area contributed by atoms with Crippen molar-refractivity contribution < 1.29 is 14.4 Å². The fourth-order valence-corrected chi connectivity index (χ4v) is 3.88. The number of amides is 3. The molecule has 1 saturated heterocycles. The maximum Gasteiger partial charge on any atom is 0.276 e. The summed E-state index contributed by atoms with van der Waals surface area (Å²) >= 11 is 0. The minimum Gasteiger partial charge on any atom is -0.369 e. The number of benzene rings is 2. The van der Waals surface area contributed by atoms with Crippen molar-refractivity contribution in [2.45, 2.75) is 12.8 Å². The van der Waals surface area contributed by atoms with Crippen LogP contribution in [0.5, 0.6) is 0 Å². The highest BCUT2D eigenvalue weighted by molar-refractivity contribution is 6.16. The molecule has 2 heterocycles. The fraction of sp³-hybridized carbons (Fsp3) is 0.292. The summed E-state index contributed by atoms with van der Waals surface area (Å²) < 4.78 is 0. The molecule has 7 nitrogen and oxygen atoms in total. The lowest BCUT2D eigenvalue weighted by Crippen LogP contribution is -2.49. The van der Waals surface area contributed by atoms with E-state index < -0.39 is 11.8 Å². The largest absolute Gasteiger partial charge is 0.369 e. The van der Waals surface area contributed by atoms with Crippen molar-refractivity contribution in [1.29, 1.82) is 0 Å². The van der Waals surface area contributed by atoms with Crippen molar-refractivity contribution in [3.8, 4) is 0 Å². The molecule has 2 aliphatic heterocycles. The topological polar surface area (TPSA) is 73.0 Å². The SMILES string of the molecule is O=C(CCN1CCN(c2ccccc2)CC1)NN1C(=O)C=C(Cc2ccccc2)C1=O. The highest BCUT2D eigenvalue weighted by Gasteiger charge is 2.32. The minimum atomic E-state index is -0.499. The summed E-state index contributed by atoms with van der Waals surface area (Å²) in [4.78, 5) is 41.7. The second-order valence-corrected chi connectivity index (χ2v) is 7.76. The van der Waals surface area contributed by atoms with Crippen molar-refractivity contribution >= 4 is 23.4 Å². The lowest BCUT2D eigenvalue weighted by atomic mass is 10.1. The standard InChI is InChI=1S/C24H26N4O3/c29-22(11-12-26-13-15-27(16-14-26)21-9-5-2-6-10-21)25-28-23(30)18-20(24(28)31)17-19-7-3-1-4-8-19/h1-10,18H,11-17H2,(H,25,29). The molecule has 7 heteroatoms. The summed E-state index contributed by atoms with van der Waals surface area (Å²) in [6.07, 6.45) is 1.90. The van der Waals surface area contributed by atoms with E-state index in [9.17, 15) is 14.4 Å². The van der Waals surface area contributed by atoms with Gasteiger partial charge in [-0.25, -0.2) is 0 Å². The number of hydrogen-bond acceptors (Lipinski definition) is 5. The highest BCUT2D eigenvalue weighted by atomic mass is 16.2. The van der Waals surface area contributed by atoms with Crippen molar-refractivity contribution in [3.63, 3.8) is 0 Å². The van der Waals surface area contributed by atoms with Gasteiger partial charge in [-0.3, -0.25) is 24.7 Å². The van der Waals surface area contributed by atoms with E-state index in [2.05, 4.69) is 27.4 Å². The number of carbonyl (C=O) groups is 3. The van der Waals surface area contributed by atoms with E-state index in [0.29, 0.717) is 18.5 Å². The third-order valence-electron chi connectivity index (χ3n) is 5.62. The van der Waals surface area contributed by atoms with Crippen LogP contribution in [0.2, 0.25) is 0 Å². The maximum atomic E-state index is 12.5. The lowest BCUT2D eigenvalue weighted by molar-refractivity contribution is -0.147. The second kappa shape index (κ2) is 9.57. The van der Waals surface area contributed by atoms with Crippen molar-refractivity contribution in [2.24, 2.45) is 0 Å². The predicted octanol–water partition coefficient (Wildman–Crippen LogP) is 1.77. The molecule has 2 aromatic carbocycles. The Kier molecular flexibility index (Phi) is 6.43. The van der Waals surface area contributed by atoms with Gasteiger partial charge in [0.1, 0.15) is 0 Å². The molecule has 31 heavy (non-hydrogen) atoms. The Morgan fingerprint density at radius 3 is 2.19 bits per heavy atom. The average molecular weight is 418 g/mol. The molecule has 0 bridgehead atoms. The molecule has 1 fully saturated rings. The minimum absolute atomic E-state index is 0.233. The third-order valence-corrected chi connectivity index (χ3v) is 5.62. The molecule has 160 valence electrons. The first-order valence-electron chi connectivity index (χ1n) is 10.5. The van der Waals surface area contributed by atoms with Crippen LogP contribution in [0, 0.1) is 0 Å². The first-order valence-corrected chi connectivity index (χ1v) is 10.5. The van der Waals surface area contributed by atoms with E-state index >= 15 is 0 Å². The van der Waals surface area contributed by atoms with Crippen LogP contribution in [-0.4, -0.2) is 60.4 Å². The summed E-state index contributed by atoms with van der Waals surface area (Å²) in [6, 6.07) is 19.8. The zero-order valence-electron chi connectivity index (χ0n) is 17.4. The van der Waals surface area contributed by atoms with Gasteiger partial charge in [0.2, 0.25) is 5.91 Å². The van der Waals surface area contributed by atoms with Crippen molar-refractivity contribution in [3.05, 3.63) is 77.9 Å². The first-order chi connectivity index (χ1) is 15.1. The summed E-state index contributed by atoms with van der Waals surface area (Å²) in [5.41, 5.74) is 5.01. The smallest absolute Gasteiger partial charge is 0.276 e. The molecule has 0 unspecified atom stereocenters. The molecule has 4 rings (SSSR count). The summed E-state index contributed by atoms with van der Waals surface area (Å²) in [6.45, 7) is 4.14. The molecule has 1 N–H and O–H groups in total. The van der Waals surface area contributed by atoms with Crippen LogP contribution >= 0.6 is 0 Å². The normalized spacial score (nSPS) is 17.1. The zero-order chi connectivity index (χ0) is 21.6. The van der Waals surface area contributed by atoms with E-state index in [4.69, 9.17) is 0 Å². The van der Waals surface area contributed by atoms with E-state index in [1.54, 1.807) is 0 Å². The predicted molar refractivity (Wildman–Crippen MR) is 118 cm³/mol. The Balaban J connectivity index is 1.22. The molecule has 0 aliphatic carbocycles. The number of carbonyl (C=O) groups excluding carboxylic acids is 3. The highest BCUT2D eigenvalue weighted by Crippen LogP contribution is 2.17. The third kappa shape index (κ3) is 5.19. The fourth-order valence-electron chi connectivity index (χ4n) is 3.88. The van der Waals surface area contributed by atoms with Crippen molar-refractivity contribution in [2.75, 3.05) is 37.6 Å². The van der Waals surface area contributed by atoms with Gasteiger partial charge >= 0.3 is 0 Å². The Labute approximate surface area is 181 Å². The van der Waals surface area contributed by atoms with Crippen LogP contribution in [0.15, 0.2) is 72.3 Å². The number of para-hydroxylation sites is 1. The quantitative estimate of drug-likeness (QED) is 0.694. The molecule has 0 saturated carbocycles. The van der Waals surface area contributed by atoms with Crippen LogP contribution in [0.3, 0.4) is 0 Å². The van der Waals surface area contributed by atoms with Gasteiger partial charge in [0.15, 0.2) is 0 Å². The maximum absolute atomic E-state index is 12.5. The summed E-state index contributed by atoms with van der Waals surface area (Å²) in [5, 5.41) is 0.827. The molecule has 2 aliphatic rings. The van der Waals surface area contributed by atoms with E-state index in [-0.39, 0.29) is 12.3 Å². The Bertz CT molecular complexity index is 967. The zero-order valence-corrected chi connectivity index (χ0v) is 17.4. The number of imide groups is 1. The number of hydrazine groups is 1. The molecule has 0 aromatic heterocycles. The first kappa shape index (κ1) is 20.8. The molecule has 2 aromatic rings. The van der Waals surface area contributed by atoms with Gasteiger partial charge in [0.25, 0.3) is 11.8 Å². The van der Waals surface area contributed by atoms with Crippen LogP contribution < -0.4 is 10.3 Å².